The van der Waals surface area contributed by atoms with Crippen LogP contribution in [0.25, 0.3) is 0 Å². The number of nitrogens with zero attached hydrogens (tertiary/aromatic N) is 2. The SMILES string of the molecule is CC(C)CN1C(=O)CCCC(N)C1c1ccc(C#N)cc1. The summed E-state index contributed by atoms with van der Waals surface area (Å²) in [5.41, 5.74) is 8.00. The van der Waals surface area contributed by atoms with E-state index in [2.05, 4.69) is 19.9 Å². The van der Waals surface area contributed by atoms with Gasteiger partial charge in [0.15, 0.2) is 0 Å². The molecule has 1 aromatic carbocycles. The van der Waals surface area contributed by atoms with Crippen LogP contribution in [0.15, 0.2) is 24.3 Å². The van der Waals surface area contributed by atoms with Crippen LogP contribution in [0.2, 0.25) is 0 Å². The van der Waals surface area contributed by atoms with Gasteiger partial charge in [-0.3, -0.25) is 4.79 Å². The first-order chi connectivity index (χ1) is 10.0. The third kappa shape index (κ3) is 3.62. The number of rotatable bonds is 3. The van der Waals surface area contributed by atoms with Crippen LogP contribution < -0.4 is 5.73 Å². The maximum atomic E-state index is 12.4. The first-order valence-electron chi connectivity index (χ1n) is 7.58. The highest BCUT2D eigenvalue weighted by molar-refractivity contribution is 5.77. The van der Waals surface area contributed by atoms with Crippen LogP contribution in [-0.4, -0.2) is 23.4 Å². The Morgan fingerprint density at radius 1 is 1.38 bits per heavy atom. The summed E-state index contributed by atoms with van der Waals surface area (Å²) in [5, 5.41) is 8.91. The largest absolute Gasteiger partial charge is 0.334 e. The summed E-state index contributed by atoms with van der Waals surface area (Å²) in [6, 6.07) is 9.42. The van der Waals surface area contributed by atoms with Gasteiger partial charge in [-0.05, 0) is 36.5 Å². The van der Waals surface area contributed by atoms with Crippen molar-refractivity contribution in [3.63, 3.8) is 0 Å². The molecule has 0 radical (unpaired) electrons. The molecule has 1 heterocycles. The Kier molecular flexibility index (Phi) is 4.98. The van der Waals surface area contributed by atoms with Crippen molar-refractivity contribution in [1.82, 2.24) is 4.90 Å². The lowest BCUT2D eigenvalue weighted by Crippen LogP contribution is -2.43. The summed E-state index contributed by atoms with van der Waals surface area (Å²) in [6.45, 7) is 4.94. The molecule has 21 heavy (non-hydrogen) atoms. The van der Waals surface area contributed by atoms with Crippen LogP contribution in [0.3, 0.4) is 0 Å². The van der Waals surface area contributed by atoms with Gasteiger partial charge in [-0.15, -0.1) is 0 Å². The lowest BCUT2D eigenvalue weighted by Gasteiger charge is -2.35. The Hall–Kier alpha value is -1.86. The number of amides is 1. The molecule has 0 saturated carbocycles. The molecule has 1 aliphatic heterocycles. The molecule has 4 nitrogen and oxygen atoms in total. The highest BCUT2D eigenvalue weighted by Crippen LogP contribution is 2.31. The van der Waals surface area contributed by atoms with Gasteiger partial charge in [-0.1, -0.05) is 26.0 Å². The number of nitriles is 1. The average Bonchev–Trinajstić information content (AvgIpc) is 2.59. The second kappa shape index (κ2) is 6.73. The van der Waals surface area contributed by atoms with E-state index in [4.69, 9.17) is 11.0 Å². The molecule has 1 aliphatic rings. The highest BCUT2D eigenvalue weighted by Gasteiger charge is 2.32. The van der Waals surface area contributed by atoms with E-state index in [0.29, 0.717) is 17.9 Å². The first kappa shape index (κ1) is 15.5. The lowest BCUT2D eigenvalue weighted by molar-refractivity contribution is -0.133. The quantitative estimate of drug-likeness (QED) is 0.928. The topological polar surface area (TPSA) is 70.1 Å². The minimum absolute atomic E-state index is 0.0527. The van der Waals surface area contributed by atoms with Crippen molar-refractivity contribution in [3.8, 4) is 6.07 Å². The van der Waals surface area contributed by atoms with Gasteiger partial charge in [0, 0.05) is 19.0 Å². The fraction of sp³-hybridized carbons (Fsp3) is 0.529. The summed E-state index contributed by atoms with van der Waals surface area (Å²) in [6.07, 6.45) is 2.28. The number of hydrogen-bond donors (Lipinski definition) is 1. The Labute approximate surface area is 126 Å². The smallest absolute Gasteiger partial charge is 0.223 e. The second-order valence-corrected chi connectivity index (χ2v) is 6.17. The van der Waals surface area contributed by atoms with Crippen LogP contribution in [0.1, 0.15) is 50.3 Å². The Bertz CT molecular complexity index is 530. The van der Waals surface area contributed by atoms with Crippen LogP contribution in [0, 0.1) is 17.2 Å². The Balaban J connectivity index is 2.36. The van der Waals surface area contributed by atoms with Gasteiger partial charge in [-0.2, -0.15) is 5.26 Å². The Morgan fingerprint density at radius 2 is 2.05 bits per heavy atom. The van der Waals surface area contributed by atoms with Gasteiger partial charge in [-0.25, -0.2) is 0 Å². The Morgan fingerprint density at radius 3 is 2.62 bits per heavy atom. The maximum absolute atomic E-state index is 12.4. The minimum atomic E-state index is -0.0878. The number of hydrogen-bond acceptors (Lipinski definition) is 3. The molecule has 1 fully saturated rings. The van der Waals surface area contributed by atoms with Crippen molar-refractivity contribution in [2.45, 2.75) is 45.2 Å². The molecule has 0 spiro atoms. The van der Waals surface area contributed by atoms with Crippen LogP contribution >= 0.6 is 0 Å². The van der Waals surface area contributed by atoms with Gasteiger partial charge >= 0.3 is 0 Å². The van der Waals surface area contributed by atoms with E-state index in [1.54, 1.807) is 12.1 Å². The number of likely N-dealkylation sites (tertiary alicyclic amines) is 1. The fourth-order valence-electron chi connectivity index (χ4n) is 2.97. The molecule has 2 atom stereocenters. The third-order valence-corrected chi connectivity index (χ3v) is 3.93. The number of nitrogens with two attached hydrogens (primary N) is 1. The molecule has 0 bridgehead atoms. The van der Waals surface area contributed by atoms with Crippen LogP contribution in [0.5, 0.6) is 0 Å². The molecule has 1 aromatic rings. The molecule has 0 aromatic heterocycles. The summed E-state index contributed by atoms with van der Waals surface area (Å²) in [4.78, 5) is 14.4. The molecule has 2 rings (SSSR count). The normalized spacial score (nSPS) is 23.0. The summed E-state index contributed by atoms with van der Waals surface area (Å²) >= 11 is 0. The molecule has 2 unspecified atom stereocenters. The van der Waals surface area contributed by atoms with Crippen molar-refractivity contribution < 1.29 is 4.79 Å². The maximum Gasteiger partial charge on any atom is 0.223 e. The van der Waals surface area contributed by atoms with Gasteiger partial charge < -0.3 is 10.6 Å². The number of carbonyl (C=O) groups is 1. The average molecular weight is 285 g/mol. The molecular formula is C17H23N3O. The zero-order chi connectivity index (χ0) is 15.4. The molecule has 2 N–H and O–H groups in total. The summed E-state index contributed by atoms with van der Waals surface area (Å²) in [7, 11) is 0. The fourth-order valence-corrected chi connectivity index (χ4v) is 2.97. The first-order valence-corrected chi connectivity index (χ1v) is 7.58. The van der Waals surface area contributed by atoms with Gasteiger partial charge in [0.1, 0.15) is 0 Å². The molecule has 112 valence electrons. The molecule has 0 aliphatic carbocycles. The zero-order valence-electron chi connectivity index (χ0n) is 12.7. The van der Waals surface area contributed by atoms with E-state index in [9.17, 15) is 4.79 Å². The van der Waals surface area contributed by atoms with Gasteiger partial charge in [0.05, 0.1) is 17.7 Å². The number of carbonyl (C=O) groups excluding carboxylic acids is 1. The molecular weight excluding hydrogens is 262 g/mol. The zero-order valence-corrected chi connectivity index (χ0v) is 12.7. The van der Waals surface area contributed by atoms with Crippen molar-refractivity contribution in [1.29, 1.82) is 5.26 Å². The molecule has 4 heteroatoms. The summed E-state index contributed by atoms with van der Waals surface area (Å²) in [5.74, 6) is 0.589. The molecule has 1 saturated heterocycles. The monoisotopic (exact) mass is 285 g/mol. The van der Waals surface area contributed by atoms with Crippen LogP contribution in [-0.2, 0) is 4.79 Å². The van der Waals surface area contributed by atoms with Crippen molar-refractivity contribution in [2.75, 3.05) is 6.54 Å². The van der Waals surface area contributed by atoms with Gasteiger partial charge in [0.25, 0.3) is 0 Å². The predicted molar refractivity (Wildman–Crippen MR) is 82.3 cm³/mol. The van der Waals surface area contributed by atoms with E-state index in [0.717, 1.165) is 24.9 Å². The minimum Gasteiger partial charge on any atom is -0.334 e. The van der Waals surface area contributed by atoms with Crippen molar-refractivity contribution in [3.05, 3.63) is 35.4 Å². The number of benzene rings is 1. The second-order valence-electron chi connectivity index (χ2n) is 6.17. The van der Waals surface area contributed by atoms with Crippen molar-refractivity contribution >= 4 is 5.91 Å². The van der Waals surface area contributed by atoms with Gasteiger partial charge in [0.2, 0.25) is 5.91 Å². The lowest BCUT2D eigenvalue weighted by atomic mass is 9.95. The third-order valence-electron chi connectivity index (χ3n) is 3.93. The summed E-state index contributed by atoms with van der Waals surface area (Å²) < 4.78 is 0. The van der Waals surface area contributed by atoms with E-state index >= 15 is 0 Å². The van der Waals surface area contributed by atoms with E-state index in [1.165, 1.54) is 0 Å². The van der Waals surface area contributed by atoms with E-state index in [-0.39, 0.29) is 18.0 Å². The van der Waals surface area contributed by atoms with E-state index < -0.39 is 0 Å². The molecule has 1 amide bonds. The standard InChI is InChI=1S/C17H23N3O/c1-12(2)11-20-16(21)5-3-4-15(19)17(20)14-8-6-13(10-18)7-9-14/h6-9,12,15,17H,3-5,11,19H2,1-2H3. The van der Waals surface area contributed by atoms with Crippen molar-refractivity contribution in [2.24, 2.45) is 11.7 Å². The predicted octanol–water partition coefficient (Wildman–Crippen LogP) is 2.60. The highest BCUT2D eigenvalue weighted by atomic mass is 16.2. The van der Waals surface area contributed by atoms with E-state index in [1.807, 2.05) is 17.0 Å². The van der Waals surface area contributed by atoms with Crippen LogP contribution in [0.4, 0.5) is 0 Å².